The fraction of sp³-hybridized carbons (Fsp3) is 0.286. The van der Waals surface area contributed by atoms with E-state index in [9.17, 15) is 4.79 Å². The Bertz CT molecular complexity index is 915. The van der Waals surface area contributed by atoms with Gasteiger partial charge in [-0.05, 0) is 44.2 Å². The third kappa shape index (κ3) is 3.67. The number of carbonyl (C=O) groups excluding carboxylic acids is 1. The number of amides is 1. The molecule has 3 rings (SSSR count). The van der Waals surface area contributed by atoms with Gasteiger partial charge in [0.05, 0.1) is 12.6 Å². The topological polar surface area (TPSA) is 54.7 Å². The number of hydrogen-bond acceptors (Lipinski definition) is 4. The van der Waals surface area contributed by atoms with Gasteiger partial charge in [-0.2, -0.15) is 0 Å². The number of ether oxygens (including phenoxy) is 1. The Morgan fingerprint density at radius 3 is 2.69 bits per heavy atom. The number of hydrogen-bond donors (Lipinski definition) is 1. The molecule has 0 saturated heterocycles. The highest BCUT2D eigenvalue weighted by Gasteiger charge is 2.17. The summed E-state index contributed by atoms with van der Waals surface area (Å²) in [5.41, 5.74) is 2.31. The van der Waals surface area contributed by atoms with Crippen molar-refractivity contribution in [2.75, 3.05) is 25.6 Å². The third-order valence-corrected chi connectivity index (χ3v) is 4.23. The first kappa shape index (κ1) is 17.9. The van der Waals surface area contributed by atoms with Crippen LogP contribution in [-0.2, 0) is 0 Å². The van der Waals surface area contributed by atoms with E-state index in [2.05, 4.69) is 5.32 Å². The van der Waals surface area contributed by atoms with Crippen molar-refractivity contribution in [1.29, 1.82) is 0 Å². The van der Waals surface area contributed by atoms with Gasteiger partial charge in [0, 0.05) is 30.7 Å². The van der Waals surface area contributed by atoms with Crippen LogP contribution in [0.15, 0.2) is 52.9 Å². The molecule has 0 radical (unpaired) electrons. The highest BCUT2D eigenvalue weighted by molar-refractivity contribution is 5.95. The zero-order chi connectivity index (χ0) is 18.7. The largest absolute Gasteiger partial charge is 0.490 e. The average molecular weight is 352 g/mol. The van der Waals surface area contributed by atoms with Crippen molar-refractivity contribution in [3.05, 3.63) is 59.9 Å². The van der Waals surface area contributed by atoms with E-state index >= 15 is 0 Å². The Morgan fingerprint density at radius 2 is 1.96 bits per heavy atom. The Balaban J connectivity index is 1.80. The molecule has 0 aliphatic rings. The number of anilines is 1. The van der Waals surface area contributed by atoms with Crippen LogP contribution in [-0.4, -0.2) is 26.6 Å². The normalized spacial score (nSPS) is 12.0. The number of para-hydroxylation sites is 1. The van der Waals surface area contributed by atoms with E-state index in [-0.39, 0.29) is 11.9 Å². The third-order valence-electron chi connectivity index (χ3n) is 4.23. The SMILES string of the molecule is CCOc1cccc2cc([C@H](C)NC(=O)c3cccc(N(C)C)c3)oc12. The van der Waals surface area contributed by atoms with Crippen molar-refractivity contribution in [3.63, 3.8) is 0 Å². The molecule has 5 nitrogen and oxygen atoms in total. The van der Waals surface area contributed by atoms with Gasteiger partial charge in [0.2, 0.25) is 0 Å². The minimum Gasteiger partial charge on any atom is -0.490 e. The molecular formula is C21H24N2O3. The van der Waals surface area contributed by atoms with Crippen LogP contribution in [0.25, 0.3) is 11.0 Å². The van der Waals surface area contributed by atoms with Gasteiger partial charge in [0.25, 0.3) is 5.91 Å². The van der Waals surface area contributed by atoms with E-state index in [1.54, 1.807) is 6.07 Å². The highest BCUT2D eigenvalue weighted by Crippen LogP contribution is 2.31. The van der Waals surface area contributed by atoms with Crippen molar-refractivity contribution in [3.8, 4) is 5.75 Å². The van der Waals surface area contributed by atoms with Crippen LogP contribution >= 0.6 is 0 Å². The second kappa shape index (κ2) is 7.52. The fourth-order valence-corrected chi connectivity index (χ4v) is 2.82. The monoisotopic (exact) mass is 352 g/mol. The maximum atomic E-state index is 12.6. The molecule has 1 heterocycles. The molecule has 1 atom stereocenters. The van der Waals surface area contributed by atoms with Gasteiger partial charge in [0.1, 0.15) is 5.76 Å². The number of nitrogens with one attached hydrogen (secondary N) is 1. The highest BCUT2D eigenvalue weighted by atomic mass is 16.5. The molecule has 0 aliphatic heterocycles. The Kier molecular flexibility index (Phi) is 5.16. The molecule has 26 heavy (non-hydrogen) atoms. The Labute approximate surface area is 153 Å². The molecule has 0 spiro atoms. The van der Waals surface area contributed by atoms with Crippen LogP contribution in [0.4, 0.5) is 5.69 Å². The van der Waals surface area contributed by atoms with Crippen LogP contribution in [0.1, 0.15) is 36.0 Å². The van der Waals surface area contributed by atoms with E-state index < -0.39 is 0 Å². The van der Waals surface area contributed by atoms with Crippen LogP contribution in [0, 0.1) is 0 Å². The van der Waals surface area contributed by atoms with Crippen molar-refractivity contribution in [1.82, 2.24) is 5.32 Å². The zero-order valence-electron chi connectivity index (χ0n) is 15.6. The molecule has 2 aromatic carbocycles. The van der Waals surface area contributed by atoms with Crippen LogP contribution in [0.5, 0.6) is 5.75 Å². The summed E-state index contributed by atoms with van der Waals surface area (Å²) in [6.45, 7) is 4.42. The summed E-state index contributed by atoms with van der Waals surface area (Å²) < 4.78 is 11.6. The van der Waals surface area contributed by atoms with Crippen LogP contribution in [0.2, 0.25) is 0 Å². The maximum Gasteiger partial charge on any atom is 0.251 e. The number of benzene rings is 2. The minimum absolute atomic E-state index is 0.133. The van der Waals surface area contributed by atoms with Gasteiger partial charge in [0.15, 0.2) is 11.3 Å². The molecule has 5 heteroatoms. The number of nitrogens with zero attached hydrogens (tertiary/aromatic N) is 1. The molecule has 1 N–H and O–H groups in total. The minimum atomic E-state index is -0.257. The molecule has 0 unspecified atom stereocenters. The van der Waals surface area contributed by atoms with E-state index in [1.165, 1.54) is 0 Å². The van der Waals surface area contributed by atoms with Crippen LogP contribution in [0.3, 0.4) is 0 Å². The molecular weight excluding hydrogens is 328 g/mol. The lowest BCUT2D eigenvalue weighted by Gasteiger charge is -2.15. The fourth-order valence-electron chi connectivity index (χ4n) is 2.82. The summed E-state index contributed by atoms with van der Waals surface area (Å²) in [5.74, 6) is 1.28. The molecule has 3 aromatic rings. The molecule has 0 fully saturated rings. The smallest absolute Gasteiger partial charge is 0.251 e. The van der Waals surface area contributed by atoms with E-state index in [0.717, 1.165) is 11.1 Å². The summed E-state index contributed by atoms with van der Waals surface area (Å²) in [6.07, 6.45) is 0. The maximum absolute atomic E-state index is 12.6. The molecule has 0 saturated carbocycles. The molecule has 1 amide bonds. The number of fused-ring (bicyclic) bond motifs is 1. The standard InChI is InChI=1S/C21H24N2O3/c1-5-25-18-11-7-8-15-13-19(26-20(15)18)14(2)22-21(24)16-9-6-10-17(12-16)23(3)4/h6-14H,5H2,1-4H3,(H,22,24)/t14-/m0/s1. The van der Waals surface area contributed by atoms with E-state index in [4.69, 9.17) is 9.15 Å². The lowest BCUT2D eigenvalue weighted by atomic mass is 10.1. The van der Waals surface area contributed by atoms with Crippen molar-refractivity contribution >= 4 is 22.6 Å². The van der Waals surface area contributed by atoms with Crippen LogP contribution < -0.4 is 15.0 Å². The summed E-state index contributed by atoms with van der Waals surface area (Å²) in [7, 11) is 3.90. The second-order valence-electron chi connectivity index (χ2n) is 6.40. The molecule has 1 aromatic heterocycles. The zero-order valence-corrected chi connectivity index (χ0v) is 15.6. The first-order valence-corrected chi connectivity index (χ1v) is 8.73. The lowest BCUT2D eigenvalue weighted by Crippen LogP contribution is -2.26. The summed E-state index contributed by atoms with van der Waals surface area (Å²) in [5, 5.41) is 3.96. The first-order chi connectivity index (χ1) is 12.5. The number of furan rings is 1. The van der Waals surface area contributed by atoms with Gasteiger partial charge in [-0.3, -0.25) is 4.79 Å². The number of rotatable bonds is 6. The predicted octanol–water partition coefficient (Wildman–Crippen LogP) is 4.39. The van der Waals surface area contributed by atoms with Gasteiger partial charge in [-0.15, -0.1) is 0 Å². The van der Waals surface area contributed by atoms with E-state index in [0.29, 0.717) is 29.3 Å². The van der Waals surface area contributed by atoms with Gasteiger partial charge < -0.3 is 19.4 Å². The molecule has 136 valence electrons. The van der Waals surface area contributed by atoms with Crippen molar-refractivity contribution in [2.24, 2.45) is 0 Å². The molecule has 0 aliphatic carbocycles. The quantitative estimate of drug-likeness (QED) is 0.715. The summed E-state index contributed by atoms with van der Waals surface area (Å²) >= 11 is 0. The van der Waals surface area contributed by atoms with Gasteiger partial charge in [-0.25, -0.2) is 0 Å². The van der Waals surface area contributed by atoms with Crippen molar-refractivity contribution in [2.45, 2.75) is 19.9 Å². The lowest BCUT2D eigenvalue weighted by molar-refractivity contribution is 0.0935. The van der Waals surface area contributed by atoms with Gasteiger partial charge in [-0.1, -0.05) is 18.2 Å². The number of carbonyl (C=O) groups is 1. The summed E-state index contributed by atoms with van der Waals surface area (Å²) in [4.78, 5) is 14.6. The average Bonchev–Trinajstić information content (AvgIpc) is 3.07. The predicted molar refractivity (Wildman–Crippen MR) is 104 cm³/mol. The summed E-state index contributed by atoms with van der Waals surface area (Å²) in [6, 6.07) is 15.0. The Morgan fingerprint density at radius 1 is 1.19 bits per heavy atom. The Hall–Kier alpha value is -2.95. The first-order valence-electron chi connectivity index (χ1n) is 8.73. The van der Waals surface area contributed by atoms with Gasteiger partial charge >= 0.3 is 0 Å². The van der Waals surface area contributed by atoms with Crippen molar-refractivity contribution < 1.29 is 13.9 Å². The second-order valence-corrected chi connectivity index (χ2v) is 6.40. The molecule has 0 bridgehead atoms. The van der Waals surface area contributed by atoms with E-state index in [1.807, 2.05) is 75.3 Å².